The van der Waals surface area contributed by atoms with E-state index in [4.69, 9.17) is 4.74 Å². The van der Waals surface area contributed by atoms with Gasteiger partial charge < -0.3 is 10.1 Å². The average Bonchev–Trinajstić information content (AvgIpc) is 3.14. The summed E-state index contributed by atoms with van der Waals surface area (Å²) in [6.07, 6.45) is 1.96. The number of thiazole rings is 1. The molecule has 1 atom stereocenters. The molecule has 2 aromatic rings. The van der Waals surface area contributed by atoms with Gasteiger partial charge in [-0.3, -0.25) is 4.79 Å². The van der Waals surface area contributed by atoms with Crippen LogP contribution in [0.4, 0.5) is 8.78 Å². The second-order valence-corrected chi connectivity index (χ2v) is 6.37. The minimum absolute atomic E-state index is 0.0376. The zero-order chi connectivity index (χ0) is 16.4. The molecule has 1 aromatic heterocycles. The van der Waals surface area contributed by atoms with E-state index in [2.05, 4.69) is 10.3 Å². The van der Waals surface area contributed by atoms with Gasteiger partial charge in [0.25, 0.3) is 5.91 Å². The number of nitrogens with zero attached hydrogens (tertiary/aromatic N) is 1. The highest BCUT2D eigenvalue weighted by molar-refractivity contribution is 7.17. The molecule has 0 radical (unpaired) electrons. The highest BCUT2D eigenvalue weighted by atomic mass is 32.1. The third-order valence-electron chi connectivity index (χ3n) is 3.69. The van der Waals surface area contributed by atoms with Gasteiger partial charge in [-0.05, 0) is 31.9 Å². The summed E-state index contributed by atoms with van der Waals surface area (Å²) in [6, 6.07) is 3.64. The minimum atomic E-state index is -0.690. The molecular formula is C16H16F2N2O2S. The summed E-state index contributed by atoms with van der Waals surface area (Å²) in [5.74, 6) is -1.67. The van der Waals surface area contributed by atoms with Gasteiger partial charge >= 0.3 is 0 Å². The molecule has 1 aliphatic rings. The number of hydrogen-bond acceptors (Lipinski definition) is 4. The van der Waals surface area contributed by atoms with E-state index in [9.17, 15) is 13.6 Å². The summed E-state index contributed by atoms with van der Waals surface area (Å²) in [5.41, 5.74) is 0.260. The van der Waals surface area contributed by atoms with Crippen molar-refractivity contribution >= 4 is 17.2 Å². The van der Waals surface area contributed by atoms with Crippen LogP contribution in [0.2, 0.25) is 0 Å². The lowest BCUT2D eigenvalue weighted by Crippen LogP contribution is -2.31. The van der Waals surface area contributed by atoms with Crippen LogP contribution in [-0.4, -0.2) is 30.1 Å². The number of carbonyl (C=O) groups is 1. The Hall–Kier alpha value is -1.86. The minimum Gasteiger partial charge on any atom is -0.376 e. The average molecular weight is 338 g/mol. The standard InChI is InChI=1S/C16H16F2N2O2S/c1-9-14(15(21)19-8-10-4-3-7-22-10)23-16(20-9)13-11(17)5-2-6-12(13)18/h2,5-6,10H,3-4,7-8H2,1H3,(H,19,21). The zero-order valence-corrected chi connectivity index (χ0v) is 13.4. The van der Waals surface area contributed by atoms with Crippen LogP contribution in [0.3, 0.4) is 0 Å². The first-order chi connectivity index (χ1) is 11.1. The third kappa shape index (κ3) is 3.40. The first kappa shape index (κ1) is 16.0. The molecule has 1 aromatic carbocycles. The Morgan fingerprint density at radius 2 is 2.17 bits per heavy atom. The summed E-state index contributed by atoms with van der Waals surface area (Å²) in [7, 11) is 0. The van der Waals surface area contributed by atoms with Gasteiger partial charge in [0.1, 0.15) is 21.5 Å². The highest BCUT2D eigenvalue weighted by Crippen LogP contribution is 2.31. The lowest BCUT2D eigenvalue weighted by Gasteiger charge is -2.09. The lowest BCUT2D eigenvalue weighted by molar-refractivity contribution is 0.0860. The van der Waals surface area contributed by atoms with Gasteiger partial charge in [0.15, 0.2) is 0 Å². The van der Waals surface area contributed by atoms with E-state index in [-0.39, 0.29) is 22.6 Å². The number of carbonyl (C=O) groups excluding carboxylic acids is 1. The molecule has 122 valence electrons. The molecule has 0 bridgehead atoms. The monoisotopic (exact) mass is 338 g/mol. The van der Waals surface area contributed by atoms with Crippen molar-refractivity contribution in [1.29, 1.82) is 0 Å². The quantitative estimate of drug-likeness (QED) is 0.930. The molecule has 23 heavy (non-hydrogen) atoms. The van der Waals surface area contributed by atoms with E-state index < -0.39 is 11.6 Å². The van der Waals surface area contributed by atoms with Crippen molar-refractivity contribution in [3.63, 3.8) is 0 Å². The Labute approximate surface area is 136 Å². The van der Waals surface area contributed by atoms with Gasteiger partial charge in [0, 0.05) is 13.2 Å². The Kier molecular flexibility index (Phi) is 4.68. The van der Waals surface area contributed by atoms with Gasteiger partial charge in [-0.1, -0.05) is 6.07 Å². The van der Waals surface area contributed by atoms with E-state index in [1.165, 1.54) is 18.2 Å². The summed E-state index contributed by atoms with van der Waals surface area (Å²) in [4.78, 5) is 16.8. The van der Waals surface area contributed by atoms with Crippen LogP contribution in [0, 0.1) is 18.6 Å². The fourth-order valence-corrected chi connectivity index (χ4v) is 3.54. The van der Waals surface area contributed by atoms with Crippen LogP contribution in [0.5, 0.6) is 0 Å². The number of ether oxygens (including phenoxy) is 1. The molecule has 7 heteroatoms. The molecule has 1 unspecified atom stereocenters. The molecule has 1 aliphatic heterocycles. The molecular weight excluding hydrogens is 322 g/mol. The van der Waals surface area contributed by atoms with Gasteiger partial charge in [0.2, 0.25) is 0 Å². The van der Waals surface area contributed by atoms with E-state index >= 15 is 0 Å². The van der Waals surface area contributed by atoms with Crippen molar-refractivity contribution in [1.82, 2.24) is 10.3 Å². The predicted molar refractivity (Wildman–Crippen MR) is 83.5 cm³/mol. The first-order valence-electron chi connectivity index (χ1n) is 7.38. The number of benzene rings is 1. The normalized spacial score (nSPS) is 17.4. The van der Waals surface area contributed by atoms with E-state index in [0.717, 1.165) is 30.8 Å². The number of halogens is 2. The lowest BCUT2D eigenvalue weighted by atomic mass is 10.2. The maximum absolute atomic E-state index is 13.8. The molecule has 3 rings (SSSR count). The van der Waals surface area contributed by atoms with Crippen LogP contribution in [0.25, 0.3) is 10.6 Å². The van der Waals surface area contributed by atoms with E-state index in [1.807, 2.05) is 0 Å². The topological polar surface area (TPSA) is 51.2 Å². The summed E-state index contributed by atoms with van der Waals surface area (Å²) < 4.78 is 33.1. The number of nitrogens with one attached hydrogen (secondary N) is 1. The van der Waals surface area contributed by atoms with Crippen molar-refractivity contribution in [2.45, 2.75) is 25.9 Å². The SMILES string of the molecule is Cc1nc(-c2c(F)cccc2F)sc1C(=O)NCC1CCCO1. The maximum Gasteiger partial charge on any atom is 0.263 e. The second-order valence-electron chi connectivity index (χ2n) is 5.38. The number of aromatic nitrogens is 1. The third-order valence-corrected chi connectivity index (χ3v) is 4.87. The Bertz CT molecular complexity index is 707. The van der Waals surface area contributed by atoms with Crippen molar-refractivity contribution < 1.29 is 18.3 Å². The first-order valence-corrected chi connectivity index (χ1v) is 8.19. The van der Waals surface area contributed by atoms with E-state index in [0.29, 0.717) is 17.1 Å². The molecule has 1 fully saturated rings. The van der Waals surface area contributed by atoms with Crippen LogP contribution >= 0.6 is 11.3 Å². The van der Waals surface area contributed by atoms with Crippen LogP contribution in [0.15, 0.2) is 18.2 Å². The molecule has 4 nitrogen and oxygen atoms in total. The van der Waals surface area contributed by atoms with Crippen molar-refractivity contribution in [3.05, 3.63) is 40.4 Å². The number of aryl methyl sites for hydroxylation is 1. The zero-order valence-electron chi connectivity index (χ0n) is 12.6. The predicted octanol–water partition coefficient (Wildman–Crippen LogP) is 3.31. The van der Waals surface area contributed by atoms with E-state index in [1.54, 1.807) is 6.92 Å². The molecule has 2 heterocycles. The summed E-state index contributed by atoms with van der Waals surface area (Å²) in [5, 5.41) is 2.96. The Morgan fingerprint density at radius 3 is 2.83 bits per heavy atom. The fourth-order valence-electron chi connectivity index (χ4n) is 2.51. The highest BCUT2D eigenvalue weighted by Gasteiger charge is 2.22. The molecule has 1 saturated heterocycles. The Balaban J connectivity index is 1.79. The Morgan fingerprint density at radius 1 is 1.43 bits per heavy atom. The van der Waals surface area contributed by atoms with Crippen molar-refractivity contribution in [3.8, 4) is 10.6 Å². The van der Waals surface area contributed by atoms with Crippen LogP contribution < -0.4 is 5.32 Å². The molecule has 0 saturated carbocycles. The summed E-state index contributed by atoms with van der Waals surface area (Å²) >= 11 is 0.988. The van der Waals surface area contributed by atoms with Gasteiger partial charge in [-0.25, -0.2) is 13.8 Å². The number of hydrogen-bond donors (Lipinski definition) is 1. The van der Waals surface area contributed by atoms with Crippen molar-refractivity contribution in [2.75, 3.05) is 13.2 Å². The molecule has 1 amide bonds. The summed E-state index contributed by atoms with van der Waals surface area (Å²) in [6.45, 7) is 2.80. The second kappa shape index (κ2) is 6.72. The number of rotatable bonds is 4. The van der Waals surface area contributed by atoms with Gasteiger partial charge in [0.05, 0.1) is 17.4 Å². The van der Waals surface area contributed by atoms with Crippen molar-refractivity contribution in [2.24, 2.45) is 0 Å². The smallest absolute Gasteiger partial charge is 0.263 e. The molecule has 0 spiro atoms. The maximum atomic E-state index is 13.8. The molecule has 1 N–H and O–H groups in total. The van der Waals surface area contributed by atoms with Gasteiger partial charge in [-0.2, -0.15) is 0 Å². The number of amides is 1. The fraction of sp³-hybridized carbons (Fsp3) is 0.375. The largest absolute Gasteiger partial charge is 0.376 e. The molecule has 0 aliphatic carbocycles. The van der Waals surface area contributed by atoms with Gasteiger partial charge in [-0.15, -0.1) is 11.3 Å². The van der Waals surface area contributed by atoms with Crippen LogP contribution in [-0.2, 0) is 4.74 Å². The van der Waals surface area contributed by atoms with Crippen LogP contribution in [0.1, 0.15) is 28.2 Å².